The van der Waals surface area contributed by atoms with Gasteiger partial charge in [-0.25, -0.2) is 13.2 Å². The predicted octanol–water partition coefficient (Wildman–Crippen LogP) is 7.27. The molecule has 2 aromatic rings. The number of benzene rings is 2. The lowest BCUT2D eigenvalue weighted by molar-refractivity contribution is 0.310. The standard InChI is InChI=1S/C24H24F4O/c1-3-16-11-12-18(22(26)21(16)25)10-7-15-5-8-17(9-6-15)19-13-14-20(29-4-2)24(28)23(19)27/h3,7,10-15,17H,1,4-6,8-9H2,2H3. The zero-order valence-corrected chi connectivity index (χ0v) is 16.4. The predicted molar refractivity (Wildman–Crippen MR) is 108 cm³/mol. The Bertz CT molecular complexity index is 912. The van der Waals surface area contributed by atoms with Crippen LogP contribution in [0.1, 0.15) is 55.2 Å². The first-order chi connectivity index (χ1) is 14.0. The van der Waals surface area contributed by atoms with Crippen molar-refractivity contribution in [2.45, 2.75) is 38.5 Å². The van der Waals surface area contributed by atoms with E-state index in [1.807, 2.05) is 6.08 Å². The highest BCUT2D eigenvalue weighted by molar-refractivity contribution is 5.56. The maximum atomic E-state index is 14.4. The number of hydrogen-bond donors (Lipinski definition) is 0. The Morgan fingerprint density at radius 1 is 0.897 bits per heavy atom. The summed E-state index contributed by atoms with van der Waals surface area (Å²) in [5.74, 6) is -3.52. The maximum absolute atomic E-state index is 14.4. The second kappa shape index (κ2) is 9.29. The Morgan fingerprint density at radius 3 is 2.21 bits per heavy atom. The monoisotopic (exact) mass is 404 g/mol. The van der Waals surface area contributed by atoms with Crippen LogP contribution in [0.3, 0.4) is 0 Å². The molecule has 0 spiro atoms. The van der Waals surface area contributed by atoms with Crippen LogP contribution < -0.4 is 4.74 Å². The smallest absolute Gasteiger partial charge is 0.200 e. The van der Waals surface area contributed by atoms with Crippen LogP contribution in [0.25, 0.3) is 12.2 Å². The minimum absolute atomic E-state index is 0.0640. The van der Waals surface area contributed by atoms with E-state index in [0.717, 1.165) is 12.8 Å². The molecule has 5 heteroatoms. The molecule has 1 saturated carbocycles. The molecule has 0 aromatic heterocycles. The summed E-state index contributed by atoms with van der Waals surface area (Å²) in [6, 6.07) is 6.10. The molecule has 0 radical (unpaired) electrons. The first-order valence-electron chi connectivity index (χ1n) is 9.85. The van der Waals surface area contributed by atoms with Gasteiger partial charge in [0.05, 0.1) is 6.61 Å². The number of rotatable bonds is 6. The van der Waals surface area contributed by atoms with Gasteiger partial charge < -0.3 is 4.74 Å². The zero-order valence-electron chi connectivity index (χ0n) is 16.4. The van der Waals surface area contributed by atoms with Gasteiger partial charge in [-0.15, -0.1) is 0 Å². The summed E-state index contributed by atoms with van der Waals surface area (Å²) in [6.07, 6.45) is 7.67. The van der Waals surface area contributed by atoms with Crippen LogP contribution in [0.2, 0.25) is 0 Å². The van der Waals surface area contributed by atoms with E-state index in [0.29, 0.717) is 18.4 Å². The highest BCUT2D eigenvalue weighted by Gasteiger charge is 2.26. The quantitative estimate of drug-likeness (QED) is 0.460. The highest BCUT2D eigenvalue weighted by atomic mass is 19.2. The summed E-state index contributed by atoms with van der Waals surface area (Å²) in [7, 11) is 0. The molecule has 1 aliphatic carbocycles. The molecule has 0 amide bonds. The van der Waals surface area contributed by atoms with Crippen LogP contribution in [0.15, 0.2) is 36.9 Å². The summed E-state index contributed by atoms with van der Waals surface area (Å²) in [5.41, 5.74) is 0.695. The van der Waals surface area contributed by atoms with Crippen molar-refractivity contribution in [2.24, 2.45) is 5.92 Å². The molecule has 29 heavy (non-hydrogen) atoms. The summed E-state index contributed by atoms with van der Waals surface area (Å²) >= 11 is 0. The van der Waals surface area contributed by atoms with E-state index in [4.69, 9.17) is 4.74 Å². The fraction of sp³-hybridized carbons (Fsp3) is 0.333. The van der Waals surface area contributed by atoms with E-state index in [9.17, 15) is 17.6 Å². The van der Waals surface area contributed by atoms with E-state index in [1.54, 1.807) is 19.1 Å². The van der Waals surface area contributed by atoms with Crippen LogP contribution >= 0.6 is 0 Å². The van der Waals surface area contributed by atoms with Crippen molar-refractivity contribution in [1.82, 2.24) is 0 Å². The SMILES string of the molecule is C=Cc1ccc(C=CC2CCC(c3ccc(OCC)c(F)c3F)CC2)c(F)c1F. The topological polar surface area (TPSA) is 9.23 Å². The molecule has 1 fully saturated rings. The van der Waals surface area contributed by atoms with E-state index in [-0.39, 0.29) is 35.3 Å². The fourth-order valence-electron chi connectivity index (χ4n) is 3.86. The molecule has 0 bridgehead atoms. The van der Waals surface area contributed by atoms with E-state index in [1.165, 1.54) is 24.3 Å². The van der Waals surface area contributed by atoms with Crippen molar-refractivity contribution < 1.29 is 22.3 Å². The molecule has 0 aliphatic heterocycles. The number of halogens is 4. The van der Waals surface area contributed by atoms with Crippen molar-refractivity contribution in [1.29, 1.82) is 0 Å². The van der Waals surface area contributed by atoms with Crippen LogP contribution in [0.5, 0.6) is 5.75 Å². The van der Waals surface area contributed by atoms with Crippen LogP contribution in [0.4, 0.5) is 17.6 Å². The maximum Gasteiger partial charge on any atom is 0.200 e. The van der Waals surface area contributed by atoms with E-state index in [2.05, 4.69) is 6.58 Å². The Labute approximate surface area is 168 Å². The normalized spacial score (nSPS) is 19.5. The average Bonchev–Trinajstić information content (AvgIpc) is 2.73. The Balaban J connectivity index is 1.66. The van der Waals surface area contributed by atoms with Gasteiger partial charge in [-0.05, 0) is 56.1 Å². The fourth-order valence-corrected chi connectivity index (χ4v) is 3.86. The summed E-state index contributed by atoms with van der Waals surface area (Å²) in [6.45, 7) is 5.45. The van der Waals surface area contributed by atoms with Crippen LogP contribution in [-0.4, -0.2) is 6.61 Å². The first kappa shape index (κ1) is 21.2. The third kappa shape index (κ3) is 4.55. The minimum Gasteiger partial charge on any atom is -0.491 e. The van der Waals surface area contributed by atoms with Gasteiger partial charge in [0, 0.05) is 11.1 Å². The number of hydrogen-bond acceptors (Lipinski definition) is 1. The first-order valence-corrected chi connectivity index (χ1v) is 9.85. The molecule has 0 saturated heterocycles. The zero-order chi connectivity index (χ0) is 21.0. The van der Waals surface area contributed by atoms with Gasteiger partial charge in [-0.1, -0.05) is 43.0 Å². The Hall–Kier alpha value is -2.56. The molecule has 0 N–H and O–H groups in total. The van der Waals surface area contributed by atoms with Gasteiger partial charge in [-0.2, -0.15) is 4.39 Å². The third-order valence-electron chi connectivity index (χ3n) is 5.50. The molecular weight excluding hydrogens is 380 g/mol. The highest BCUT2D eigenvalue weighted by Crippen LogP contribution is 2.39. The van der Waals surface area contributed by atoms with Crippen molar-refractivity contribution >= 4 is 12.2 Å². The van der Waals surface area contributed by atoms with Gasteiger partial charge >= 0.3 is 0 Å². The van der Waals surface area contributed by atoms with E-state index < -0.39 is 23.3 Å². The van der Waals surface area contributed by atoms with Crippen molar-refractivity contribution in [3.8, 4) is 5.75 Å². The lowest BCUT2D eigenvalue weighted by atomic mass is 9.78. The average molecular weight is 404 g/mol. The summed E-state index contributed by atoms with van der Waals surface area (Å²) in [5, 5.41) is 0. The molecule has 1 nitrogen and oxygen atoms in total. The lowest BCUT2D eigenvalue weighted by Crippen LogP contribution is -2.14. The summed E-state index contributed by atoms with van der Waals surface area (Å²) < 4.78 is 61.6. The Kier molecular flexibility index (Phi) is 6.78. The molecule has 3 rings (SSSR count). The van der Waals surface area contributed by atoms with Gasteiger partial charge in [-0.3, -0.25) is 0 Å². The Morgan fingerprint density at radius 2 is 1.55 bits per heavy atom. The van der Waals surface area contributed by atoms with Crippen molar-refractivity contribution in [3.63, 3.8) is 0 Å². The van der Waals surface area contributed by atoms with E-state index >= 15 is 0 Å². The third-order valence-corrected chi connectivity index (χ3v) is 5.50. The van der Waals surface area contributed by atoms with Gasteiger partial charge in [0.1, 0.15) is 0 Å². The molecule has 0 heterocycles. The van der Waals surface area contributed by atoms with Gasteiger partial charge in [0.15, 0.2) is 23.2 Å². The molecule has 1 aliphatic rings. The second-order valence-corrected chi connectivity index (χ2v) is 7.26. The second-order valence-electron chi connectivity index (χ2n) is 7.26. The largest absolute Gasteiger partial charge is 0.491 e. The number of ether oxygens (including phenoxy) is 1. The van der Waals surface area contributed by atoms with Crippen molar-refractivity contribution in [3.05, 3.63) is 76.9 Å². The van der Waals surface area contributed by atoms with Crippen LogP contribution in [-0.2, 0) is 0 Å². The molecule has 2 aromatic carbocycles. The van der Waals surface area contributed by atoms with Gasteiger partial charge in [0.25, 0.3) is 0 Å². The number of allylic oxidation sites excluding steroid dienone is 1. The van der Waals surface area contributed by atoms with Crippen molar-refractivity contribution in [2.75, 3.05) is 6.61 Å². The lowest BCUT2D eigenvalue weighted by Gasteiger charge is -2.27. The van der Waals surface area contributed by atoms with Crippen LogP contribution in [0, 0.1) is 29.2 Å². The minimum atomic E-state index is -0.938. The van der Waals surface area contributed by atoms with Gasteiger partial charge in [0.2, 0.25) is 5.82 Å². The molecule has 0 unspecified atom stereocenters. The molecular formula is C24H24F4O. The molecule has 0 atom stereocenters. The molecule has 154 valence electrons. The summed E-state index contributed by atoms with van der Waals surface area (Å²) in [4.78, 5) is 0.